The van der Waals surface area contributed by atoms with E-state index < -0.39 is 0 Å². The summed E-state index contributed by atoms with van der Waals surface area (Å²) < 4.78 is 0. The zero-order valence-electron chi connectivity index (χ0n) is 12.1. The molecule has 0 radical (unpaired) electrons. The largest absolute Gasteiger partial charge is 0.363 e. The van der Waals surface area contributed by atoms with Gasteiger partial charge in [0.05, 0.1) is 19.0 Å². The van der Waals surface area contributed by atoms with Gasteiger partial charge >= 0.3 is 0 Å². The number of benzene rings is 2. The molecule has 0 N–H and O–H groups in total. The third-order valence-electron chi connectivity index (χ3n) is 3.29. The number of carbonyl (C=O) groups excluding carboxylic acids is 1. The van der Waals surface area contributed by atoms with Crippen molar-refractivity contribution < 1.29 is 4.79 Å². The summed E-state index contributed by atoms with van der Waals surface area (Å²) in [5.41, 5.74) is 2.76. The van der Waals surface area contributed by atoms with E-state index in [0.29, 0.717) is 18.5 Å². The van der Waals surface area contributed by atoms with Crippen LogP contribution >= 0.6 is 0 Å². The van der Waals surface area contributed by atoms with Gasteiger partial charge in [-0.25, -0.2) is 0 Å². The maximum Gasteiger partial charge on any atom is 0.182 e. The molecule has 0 saturated heterocycles. The lowest BCUT2D eigenvalue weighted by molar-refractivity contribution is 0.0999. The van der Waals surface area contributed by atoms with E-state index in [1.807, 2.05) is 66.4 Å². The Morgan fingerprint density at radius 2 is 1.90 bits per heavy atom. The van der Waals surface area contributed by atoms with Crippen molar-refractivity contribution in [2.45, 2.75) is 13.3 Å². The molecule has 2 aromatic rings. The van der Waals surface area contributed by atoms with Gasteiger partial charge in [0, 0.05) is 17.8 Å². The highest BCUT2D eigenvalue weighted by molar-refractivity contribution is 5.99. The molecule has 0 aromatic heterocycles. The van der Waals surface area contributed by atoms with E-state index in [0.717, 1.165) is 11.3 Å². The molecule has 0 spiro atoms. The first-order valence-corrected chi connectivity index (χ1v) is 6.97. The standard InChI is InChI=1S/C18H18N2O/c1-15-7-5-8-16(13-15)18(21)14-20(12-6-11-19)17-9-3-2-4-10-17/h2-5,7-10,13H,6,12,14H2,1H3. The minimum Gasteiger partial charge on any atom is -0.363 e. The van der Waals surface area contributed by atoms with Crippen molar-refractivity contribution in [2.24, 2.45) is 0 Å². The smallest absolute Gasteiger partial charge is 0.182 e. The van der Waals surface area contributed by atoms with E-state index in [4.69, 9.17) is 5.26 Å². The average Bonchev–Trinajstić information content (AvgIpc) is 2.52. The van der Waals surface area contributed by atoms with Gasteiger partial charge in [-0.2, -0.15) is 5.26 Å². The number of rotatable bonds is 6. The van der Waals surface area contributed by atoms with Crippen LogP contribution in [0.5, 0.6) is 0 Å². The highest BCUT2D eigenvalue weighted by Crippen LogP contribution is 2.15. The summed E-state index contributed by atoms with van der Waals surface area (Å²) in [5.74, 6) is 0.0699. The van der Waals surface area contributed by atoms with E-state index in [9.17, 15) is 4.79 Å². The Hall–Kier alpha value is -2.60. The van der Waals surface area contributed by atoms with Crippen molar-refractivity contribution in [1.82, 2.24) is 0 Å². The summed E-state index contributed by atoms with van der Waals surface area (Å²) in [6.07, 6.45) is 0.399. The minimum absolute atomic E-state index is 0.0699. The lowest BCUT2D eigenvalue weighted by atomic mass is 10.1. The van der Waals surface area contributed by atoms with Gasteiger partial charge in [-0.05, 0) is 25.1 Å². The van der Waals surface area contributed by atoms with Gasteiger partial charge in [0.1, 0.15) is 0 Å². The van der Waals surface area contributed by atoms with Gasteiger partial charge in [0.25, 0.3) is 0 Å². The van der Waals surface area contributed by atoms with Crippen LogP contribution in [0.15, 0.2) is 54.6 Å². The summed E-state index contributed by atoms with van der Waals surface area (Å²) in [6, 6.07) is 19.5. The van der Waals surface area contributed by atoms with Crippen molar-refractivity contribution in [1.29, 1.82) is 5.26 Å². The lowest BCUT2D eigenvalue weighted by Crippen LogP contribution is -2.30. The molecule has 106 valence electrons. The second-order valence-corrected chi connectivity index (χ2v) is 4.96. The Bertz CT molecular complexity index is 644. The van der Waals surface area contributed by atoms with E-state index in [1.165, 1.54) is 0 Å². The van der Waals surface area contributed by atoms with Crippen LogP contribution in [0.25, 0.3) is 0 Å². The van der Waals surface area contributed by atoms with Crippen LogP contribution in [0.3, 0.4) is 0 Å². The Morgan fingerprint density at radius 1 is 1.14 bits per heavy atom. The van der Waals surface area contributed by atoms with Crippen molar-refractivity contribution in [3.63, 3.8) is 0 Å². The monoisotopic (exact) mass is 278 g/mol. The first-order valence-electron chi connectivity index (χ1n) is 6.97. The molecule has 0 bridgehead atoms. The number of anilines is 1. The molecule has 3 nitrogen and oxygen atoms in total. The van der Waals surface area contributed by atoms with Crippen LogP contribution in [-0.4, -0.2) is 18.9 Å². The number of nitrogens with zero attached hydrogens (tertiary/aromatic N) is 2. The van der Waals surface area contributed by atoms with Crippen molar-refractivity contribution in [3.05, 3.63) is 65.7 Å². The molecule has 0 unspecified atom stereocenters. The average molecular weight is 278 g/mol. The number of ketones is 1. The van der Waals surface area contributed by atoms with Crippen LogP contribution in [0.4, 0.5) is 5.69 Å². The molecule has 3 heteroatoms. The number of Topliss-reactive ketones (excluding diaryl/α,β-unsaturated/α-hetero) is 1. The number of hydrogen-bond acceptors (Lipinski definition) is 3. The molecular weight excluding hydrogens is 260 g/mol. The van der Waals surface area contributed by atoms with Gasteiger partial charge in [0.15, 0.2) is 5.78 Å². The number of nitriles is 1. The molecule has 0 amide bonds. The molecule has 0 heterocycles. The molecule has 0 fully saturated rings. The second-order valence-electron chi connectivity index (χ2n) is 4.96. The van der Waals surface area contributed by atoms with Gasteiger partial charge in [-0.1, -0.05) is 42.0 Å². The Labute approximate surface area is 125 Å². The third-order valence-corrected chi connectivity index (χ3v) is 3.29. The fraction of sp³-hybridized carbons (Fsp3) is 0.222. The van der Waals surface area contributed by atoms with E-state index in [2.05, 4.69) is 6.07 Å². The predicted octanol–water partition coefficient (Wildman–Crippen LogP) is 3.60. The summed E-state index contributed by atoms with van der Waals surface area (Å²) in [7, 11) is 0. The van der Waals surface area contributed by atoms with Gasteiger partial charge in [-0.3, -0.25) is 4.79 Å². The molecular formula is C18H18N2O. The van der Waals surface area contributed by atoms with Gasteiger partial charge in [0.2, 0.25) is 0 Å². The minimum atomic E-state index is 0.0699. The van der Waals surface area contributed by atoms with E-state index in [-0.39, 0.29) is 12.3 Å². The number of para-hydroxylation sites is 1. The van der Waals surface area contributed by atoms with E-state index in [1.54, 1.807) is 0 Å². The Balaban J connectivity index is 2.15. The van der Waals surface area contributed by atoms with Crippen LogP contribution in [-0.2, 0) is 0 Å². The van der Waals surface area contributed by atoms with Crippen LogP contribution in [0, 0.1) is 18.3 Å². The quantitative estimate of drug-likeness (QED) is 0.758. The van der Waals surface area contributed by atoms with E-state index >= 15 is 0 Å². The normalized spacial score (nSPS) is 9.90. The summed E-state index contributed by atoms with van der Waals surface area (Å²) in [5, 5.41) is 8.79. The first kappa shape index (κ1) is 14.8. The molecule has 0 aliphatic heterocycles. The fourth-order valence-corrected chi connectivity index (χ4v) is 2.21. The second kappa shape index (κ2) is 7.25. The maximum atomic E-state index is 12.4. The fourth-order valence-electron chi connectivity index (χ4n) is 2.21. The Kier molecular flexibility index (Phi) is 5.11. The molecule has 2 rings (SSSR count). The number of hydrogen-bond donors (Lipinski definition) is 0. The summed E-state index contributed by atoms with van der Waals surface area (Å²) in [4.78, 5) is 14.4. The molecule has 0 saturated carbocycles. The molecule has 0 aliphatic carbocycles. The molecule has 21 heavy (non-hydrogen) atoms. The Morgan fingerprint density at radius 3 is 2.57 bits per heavy atom. The van der Waals surface area contributed by atoms with Gasteiger partial charge in [-0.15, -0.1) is 0 Å². The zero-order valence-corrected chi connectivity index (χ0v) is 12.1. The molecule has 2 aromatic carbocycles. The van der Waals surface area contributed by atoms with Gasteiger partial charge < -0.3 is 4.90 Å². The highest BCUT2D eigenvalue weighted by Gasteiger charge is 2.13. The molecule has 0 aliphatic rings. The zero-order chi connectivity index (χ0) is 15.1. The van der Waals surface area contributed by atoms with Crippen molar-refractivity contribution in [2.75, 3.05) is 18.0 Å². The van der Waals surface area contributed by atoms with Crippen LogP contribution in [0.1, 0.15) is 22.3 Å². The maximum absolute atomic E-state index is 12.4. The highest BCUT2D eigenvalue weighted by atomic mass is 16.1. The lowest BCUT2D eigenvalue weighted by Gasteiger charge is -2.23. The SMILES string of the molecule is Cc1cccc(C(=O)CN(CCC#N)c2ccccc2)c1. The van der Waals surface area contributed by atoms with Crippen molar-refractivity contribution in [3.8, 4) is 6.07 Å². The predicted molar refractivity (Wildman–Crippen MR) is 84.4 cm³/mol. The number of carbonyl (C=O) groups is 1. The molecule has 0 atom stereocenters. The van der Waals surface area contributed by atoms with Crippen LogP contribution in [0.2, 0.25) is 0 Å². The third kappa shape index (κ3) is 4.19. The van der Waals surface area contributed by atoms with Crippen LogP contribution < -0.4 is 4.90 Å². The summed E-state index contributed by atoms with van der Waals surface area (Å²) >= 11 is 0. The topological polar surface area (TPSA) is 44.1 Å². The first-order chi connectivity index (χ1) is 10.2. The number of aryl methyl sites for hydroxylation is 1. The summed E-state index contributed by atoms with van der Waals surface area (Å²) in [6.45, 7) is 2.81. The van der Waals surface area contributed by atoms with Crippen molar-refractivity contribution >= 4 is 11.5 Å².